The molecular weight excluding hydrogens is 400 g/mol. The molecule has 0 saturated heterocycles. The van der Waals surface area contributed by atoms with E-state index in [9.17, 15) is 9.59 Å². The number of nitrogens with one attached hydrogen (secondary N) is 2. The molecule has 0 aromatic heterocycles. The Labute approximate surface area is 163 Å². The fourth-order valence-electron chi connectivity index (χ4n) is 3.15. The third-order valence-corrected chi connectivity index (χ3v) is 5.98. The van der Waals surface area contributed by atoms with Crippen molar-refractivity contribution in [2.45, 2.75) is 44.6 Å². The van der Waals surface area contributed by atoms with Crippen LogP contribution >= 0.6 is 27.7 Å². The Balaban J connectivity index is 1.93. The highest BCUT2D eigenvalue weighted by molar-refractivity contribution is 9.10. The van der Waals surface area contributed by atoms with E-state index in [0.29, 0.717) is 17.9 Å². The van der Waals surface area contributed by atoms with Crippen LogP contribution in [0.4, 0.5) is 0 Å². The van der Waals surface area contributed by atoms with Crippen LogP contribution in [0.25, 0.3) is 0 Å². The Morgan fingerprint density at radius 1 is 1.24 bits per heavy atom. The first kappa shape index (κ1) is 20.3. The molecule has 25 heavy (non-hydrogen) atoms. The second-order valence-corrected chi connectivity index (χ2v) is 8.38. The van der Waals surface area contributed by atoms with Crippen molar-refractivity contribution in [1.29, 1.82) is 0 Å². The summed E-state index contributed by atoms with van der Waals surface area (Å²) in [6.45, 7) is 0.722. The summed E-state index contributed by atoms with van der Waals surface area (Å²) >= 11 is 5.07. The maximum atomic E-state index is 12.6. The van der Waals surface area contributed by atoms with Gasteiger partial charge in [0.25, 0.3) is 5.91 Å². The summed E-state index contributed by atoms with van der Waals surface area (Å²) in [7, 11) is 0. The second kappa shape index (κ2) is 10.9. The number of hydrogen-bond acceptors (Lipinski definition) is 3. The molecule has 2 N–H and O–H groups in total. The van der Waals surface area contributed by atoms with Gasteiger partial charge in [-0.15, -0.1) is 0 Å². The van der Waals surface area contributed by atoms with E-state index < -0.39 is 6.04 Å². The lowest BCUT2D eigenvalue weighted by atomic mass is 9.89. The highest BCUT2D eigenvalue weighted by Gasteiger charge is 2.23. The van der Waals surface area contributed by atoms with E-state index in [1.54, 1.807) is 17.8 Å². The van der Waals surface area contributed by atoms with Gasteiger partial charge >= 0.3 is 0 Å². The number of thioether (sulfide) groups is 1. The zero-order valence-corrected chi connectivity index (χ0v) is 17.1. The zero-order valence-electron chi connectivity index (χ0n) is 14.7. The van der Waals surface area contributed by atoms with Crippen LogP contribution < -0.4 is 10.6 Å². The van der Waals surface area contributed by atoms with E-state index in [-0.39, 0.29) is 11.8 Å². The number of carbonyl (C=O) groups is 2. The van der Waals surface area contributed by atoms with Gasteiger partial charge in [-0.3, -0.25) is 9.59 Å². The molecule has 1 aliphatic carbocycles. The van der Waals surface area contributed by atoms with Gasteiger partial charge < -0.3 is 10.6 Å². The number of halogens is 1. The van der Waals surface area contributed by atoms with Crippen molar-refractivity contribution in [3.05, 3.63) is 34.3 Å². The van der Waals surface area contributed by atoms with Crippen LogP contribution in [-0.2, 0) is 4.79 Å². The molecule has 0 radical (unpaired) electrons. The highest BCUT2D eigenvalue weighted by Crippen LogP contribution is 2.22. The van der Waals surface area contributed by atoms with Gasteiger partial charge in [-0.1, -0.05) is 31.4 Å². The third-order valence-electron chi connectivity index (χ3n) is 4.64. The second-order valence-electron chi connectivity index (χ2n) is 6.54. The normalized spacial score (nSPS) is 16.2. The molecule has 6 heteroatoms. The minimum atomic E-state index is -0.490. The first-order chi connectivity index (χ1) is 12.1. The van der Waals surface area contributed by atoms with Crippen LogP contribution in [-0.4, -0.2) is 36.4 Å². The van der Waals surface area contributed by atoms with Crippen LogP contribution in [0, 0.1) is 5.92 Å². The number of benzene rings is 1. The smallest absolute Gasteiger partial charge is 0.253 e. The van der Waals surface area contributed by atoms with Gasteiger partial charge in [-0.05, 0) is 65.3 Å². The molecule has 0 unspecified atom stereocenters. The Morgan fingerprint density at radius 3 is 2.64 bits per heavy atom. The lowest BCUT2D eigenvalue weighted by Crippen LogP contribution is -2.48. The molecular formula is C19H27BrN2O2S. The van der Waals surface area contributed by atoms with Crippen LogP contribution in [0.5, 0.6) is 0 Å². The Bertz CT molecular complexity index is 576. The van der Waals surface area contributed by atoms with Crippen molar-refractivity contribution in [3.8, 4) is 0 Å². The van der Waals surface area contributed by atoms with E-state index in [1.807, 2.05) is 24.5 Å². The molecule has 2 amide bonds. The number of amides is 2. The third kappa shape index (κ3) is 6.66. The summed E-state index contributed by atoms with van der Waals surface area (Å²) in [6.07, 6.45) is 8.85. The van der Waals surface area contributed by atoms with Gasteiger partial charge in [0, 0.05) is 11.0 Å². The van der Waals surface area contributed by atoms with Crippen molar-refractivity contribution in [2.75, 3.05) is 18.6 Å². The van der Waals surface area contributed by atoms with Gasteiger partial charge in [-0.2, -0.15) is 11.8 Å². The minimum absolute atomic E-state index is 0.0694. The summed E-state index contributed by atoms with van der Waals surface area (Å²) in [5.74, 6) is 1.13. The topological polar surface area (TPSA) is 58.2 Å². The minimum Gasteiger partial charge on any atom is -0.354 e. The van der Waals surface area contributed by atoms with Gasteiger partial charge in [-0.25, -0.2) is 0 Å². The predicted molar refractivity (Wildman–Crippen MR) is 108 cm³/mol. The molecule has 2 rings (SSSR count). The lowest BCUT2D eigenvalue weighted by molar-refractivity contribution is -0.123. The molecule has 0 spiro atoms. The Kier molecular flexibility index (Phi) is 8.82. The molecule has 138 valence electrons. The quantitative estimate of drug-likeness (QED) is 0.660. The van der Waals surface area contributed by atoms with Crippen molar-refractivity contribution >= 4 is 39.5 Å². The molecule has 1 atom stereocenters. The Morgan fingerprint density at radius 2 is 1.96 bits per heavy atom. The number of hydrogen-bond donors (Lipinski definition) is 2. The van der Waals surface area contributed by atoms with E-state index >= 15 is 0 Å². The maximum Gasteiger partial charge on any atom is 0.253 e. The van der Waals surface area contributed by atoms with Crippen LogP contribution in [0.1, 0.15) is 48.9 Å². The van der Waals surface area contributed by atoms with Crippen LogP contribution in [0.2, 0.25) is 0 Å². The van der Waals surface area contributed by atoms with Gasteiger partial charge in [0.05, 0.1) is 5.56 Å². The molecule has 1 aliphatic rings. The molecule has 1 aromatic rings. The summed E-state index contributed by atoms with van der Waals surface area (Å²) in [4.78, 5) is 25.1. The summed E-state index contributed by atoms with van der Waals surface area (Å²) < 4.78 is 0.735. The standard InChI is InChI=1S/C19H27BrN2O2S/c1-25-12-11-17(19(24)21-13-14-7-3-2-4-8-14)22-18(23)15-9-5-6-10-16(15)20/h5-6,9-10,14,17H,2-4,7-8,11-13H2,1H3,(H,21,24)(H,22,23)/t17-/m0/s1. The van der Waals surface area contributed by atoms with Crippen LogP contribution in [0.15, 0.2) is 28.7 Å². The van der Waals surface area contributed by atoms with Crippen molar-refractivity contribution < 1.29 is 9.59 Å². The zero-order chi connectivity index (χ0) is 18.1. The van der Waals surface area contributed by atoms with E-state index in [4.69, 9.17) is 0 Å². The van der Waals surface area contributed by atoms with E-state index in [1.165, 1.54) is 32.1 Å². The molecule has 1 fully saturated rings. The molecule has 1 saturated carbocycles. The fraction of sp³-hybridized carbons (Fsp3) is 0.579. The monoisotopic (exact) mass is 426 g/mol. The first-order valence-corrected chi connectivity index (χ1v) is 11.1. The average molecular weight is 427 g/mol. The average Bonchev–Trinajstić information content (AvgIpc) is 2.64. The fourth-order valence-corrected chi connectivity index (χ4v) is 4.08. The van der Waals surface area contributed by atoms with Gasteiger partial charge in [0.15, 0.2) is 0 Å². The predicted octanol–water partition coefficient (Wildman–Crippen LogP) is 4.00. The van der Waals surface area contributed by atoms with E-state index in [0.717, 1.165) is 16.8 Å². The van der Waals surface area contributed by atoms with E-state index in [2.05, 4.69) is 26.6 Å². The van der Waals surface area contributed by atoms with Crippen molar-refractivity contribution in [1.82, 2.24) is 10.6 Å². The lowest BCUT2D eigenvalue weighted by Gasteiger charge is -2.24. The van der Waals surface area contributed by atoms with Gasteiger partial charge in [0.2, 0.25) is 5.91 Å². The van der Waals surface area contributed by atoms with Crippen molar-refractivity contribution in [3.63, 3.8) is 0 Å². The highest BCUT2D eigenvalue weighted by atomic mass is 79.9. The maximum absolute atomic E-state index is 12.6. The molecule has 1 aromatic carbocycles. The largest absolute Gasteiger partial charge is 0.354 e. The Hall–Kier alpha value is -1.01. The number of rotatable bonds is 8. The van der Waals surface area contributed by atoms with Gasteiger partial charge in [0.1, 0.15) is 6.04 Å². The summed E-state index contributed by atoms with van der Waals surface area (Å²) in [6, 6.07) is 6.78. The van der Waals surface area contributed by atoms with Crippen molar-refractivity contribution in [2.24, 2.45) is 5.92 Å². The molecule has 0 aliphatic heterocycles. The van der Waals surface area contributed by atoms with Crippen LogP contribution in [0.3, 0.4) is 0 Å². The molecule has 0 bridgehead atoms. The SMILES string of the molecule is CSCC[C@H](NC(=O)c1ccccc1Br)C(=O)NCC1CCCCC1. The summed E-state index contributed by atoms with van der Waals surface area (Å²) in [5, 5.41) is 5.96. The molecule has 0 heterocycles. The number of carbonyl (C=O) groups excluding carboxylic acids is 2. The molecule has 4 nitrogen and oxygen atoms in total. The summed E-state index contributed by atoms with van der Waals surface area (Å²) in [5.41, 5.74) is 0.553. The first-order valence-electron chi connectivity index (χ1n) is 8.94.